The Kier molecular flexibility index (Phi) is 2.68. The fraction of sp³-hybridized carbons (Fsp3) is 0.154. The van der Waals surface area contributed by atoms with Gasteiger partial charge in [0.1, 0.15) is 4.88 Å². The number of methoxy groups -OCH3 is 1. The SMILES string of the molecule is COC(=O)c1ccc(-c2ccc3c(c2)OCO3)s1. The summed E-state index contributed by atoms with van der Waals surface area (Å²) in [6.45, 7) is 0.261. The molecule has 3 rings (SSSR count). The molecule has 1 aliphatic heterocycles. The maximum Gasteiger partial charge on any atom is 0.348 e. The van der Waals surface area contributed by atoms with Crippen molar-refractivity contribution >= 4 is 17.3 Å². The smallest absolute Gasteiger partial charge is 0.348 e. The minimum atomic E-state index is -0.313. The maximum atomic E-state index is 11.4. The van der Waals surface area contributed by atoms with Crippen molar-refractivity contribution in [1.29, 1.82) is 0 Å². The van der Waals surface area contributed by atoms with Gasteiger partial charge >= 0.3 is 5.97 Å². The minimum Gasteiger partial charge on any atom is -0.465 e. The van der Waals surface area contributed by atoms with Gasteiger partial charge in [-0.15, -0.1) is 11.3 Å². The third-order valence-corrected chi connectivity index (χ3v) is 3.76. The number of carbonyl (C=O) groups excluding carboxylic acids is 1. The Hall–Kier alpha value is -2.01. The van der Waals surface area contributed by atoms with Crippen molar-refractivity contribution in [3.8, 4) is 21.9 Å². The first-order chi connectivity index (χ1) is 8.78. The molecule has 0 radical (unpaired) electrons. The highest BCUT2D eigenvalue weighted by molar-refractivity contribution is 7.17. The number of benzene rings is 1. The molecule has 0 fully saturated rings. The maximum absolute atomic E-state index is 11.4. The molecule has 2 aromatic rings. The van der Waals surface area contributed by atoms with Crippen LogP contribution in [-0.4, -0.2) is 19.9 Å². The fourth-order valence-electron chi connectivity index (χ4n) is 1.75. The van der Waals surface area contributed by atoms with Crippen LogP contribution in [0.2, 0.25) is 0 Å². The first-order valence-corrected chi connectivity index (χ1v) is 6.18. The predicted octanol–water partition coefficient (Wildman–Crippen LogP) is 2.93. The van der Waals surface area contributed by atoms with Gasteiger partial charge in [0.05, 0.1) is 7.11 Å². The topological polar surface area (TPSA) is 44.8 Å². The molecule has 0 saturated heterocycles. The van der Waals surface area contributed by atoms with Crippen molar-refractivity contribution < 1.29 is 19.0 Å². The highest BCUT2D eigenvalue weighted by Crippen LogP contribution is 2.37. The number of carbonyl (C=O) groups is 1. The van der Waals surface area contributed by atoms with E-state index >= 15 is 0 Å². The monoisotopic (exact) mass is 262 g/mol. The van der Waals surface area contributed by atoms with Crippen LogP contribution in [-0.2, 0) is 4.74 Å². The molecule has 0 N–H and O–H groups in total. The Morgan fingerprint density at radius 1 is 1.22 bits per heavy atom. The number of ether oxygens (including phenoxy) is 3. The molecule has 0 saturated carbocycles. The van der Waals surface area contributed by atoms with Crippen molar-refractivity contribution in [2.45, 2.75) is 0 Å². The molecule has 0 amide bonds. The lowest BCUT2D eigenvalue weighted by atomic mass is 10.1. The summed E-state index contributed by atoms with van der Waals surface area (Å²) in [5, 5.41) is 0. The summed E-state index contributed by atoms with van der Waals surface area (Å²) in [6, 6.07) is 9.38. The van der Waals surface area contributed by atoms with E-state index in [1.165, 1.54) is 18.4 Å². The summed E-state index contributed by atoms with van der Waals surface area (Å²) in [5.41, 5.74) is 0.999. The summed E-state index contributed by atoms with van der Waals surface area (Å²) in [6.07, 6.45) is 0. The molecule has 1 aromatic carbocycles. The summed E-state index contributed by atoms with van der Waals surface area (Å²) in [5.74, 6) is 1.18. The molecule has 0 aliphatic carbocycles. The molecule has 2 heterocycles. The van der Waals surface area contributed by atoms with Crippen LogP contribution in [0.5, 0.6) is 11.5 Å². The van der Waals surface area contributed by atoms with Crippen molar-refractivity contribution in [3.05, 3.63) is 35.2 Å². The van der Waals surface area contributed by atoms with Crippen LogP contribution in [0, 0.1) is 0 Å². The average molecular weight is 262 g/mol. The lowest BCUT2D eigenvalue weighted by molar-refractivity contribution is 0.0606. The molecule has 5 heteroatoms. The fourth-order valence-corrected chi connectivity index (χ4v) is 2.67. The van der Waals surface area contributed by atoms with Gasteiger partial charge in [-0.1, -0.05) is 0 Å². The first-order valence-electron chi connectivity index (χ1n) is 5.36. The van der Waals surface area contributed by atoms with Gasteiger partial charge in [-0.25, -0.2) is 4.79 Å². The number of esters is 1. The van der Waals surface area contributed by atoms with E-state index in [4.69, 9.17) is 9.47 Å². The van der Waals surface area contributed by atoms with E-state index in [9.17, 15) is 4.79 Å². The number of hydrogen-bond donors (Lipinski definition) is 0. The van der Waals surface area contributed by atoms with Crippen LogP contribution < -0.4 is 9.47 Å². The second kappa shape index (κ2) is 4.34. The van der Waals surface area contributed by atoms with Crippen molar-refractivity contribution in [1.82, 2.24) is 0 Å². The van der Waals surface area contributed by atoms with Crippen LogP contribution in [0.4, 0.5) is 0 Å². The van der Waals surface area contributed by atoms with Crippen molar-refractivity contribution in [3.63, 3.8) is 0 Å². The minimum absolute atomic E-state index is 0.261. The molecular weight excluding hydrogens is 252 g/mol. The van der Waals surface area contributed by atoms with E-state index in [-0.39, 0.29) is 12.8 Å². The first kappa shape index (κ1) is 11.1. The number of fused-ring (bicyclic) bond motifs is 1. The van der Waals surface area contributed by atoms with Crippen molar-refractivity contribution in [2.75, 3.05) is 13.9 Å². The molecule has 0 spiro atoms. The van der Waals surface area contributed by atoms with Gasteiger partial charge in [0.25, 0.3) is 0 Å². The number of rotatable bonds is 2. The van der Waals surface area contributed by atoms with E-state index in [2.05, 4.69) is 4.74 Å². The Balaban J connectivity index is 1.95. The van der Waals surface area contributed by atoms with Crippen LogP contribution in [0.3, 0.4) is 0 Å². The van der Waals surface area contributed by atoms with Crippen LogP contribution in [0.15, 0.2) is 30.3 Å². The Labute approximate surface area is 108 Å². The molecule has 92 valence electrons. The van der Waals surface area contributed by atoms with E-state index in [1.54, 1.807) is 6.07 Å². The normalized spacial score (nSPS) is 12.5. The molecule has 0 unspecified atom stereocenters. The van der Waals surface area contributed by atoms with Gasteiger partial charge in [-0.3, -0.25) is 0 Å². The van der Waals surface area contributed by atoms with Gasteiger partial charge in [0.15, 0.2) is 11.5 Å². The summed E-state index contributed by atoms with van der Waals surface area (Å²) in [4.78, 5) is 13.0. The van der Waals surface area contributed by atoms with Gasteiger partial charge < -0.3 is 14.2 Å². The summed E-state index contributed by atoms with van der Waals surface area (Å²) in [7, 11) is 1.38. The van der Waals surface area contributed by atoms with Gasteiger partial charge in [-0.05, 0) is 35.9 Å². The lowest BCUT2D eigenvalue weighted by Crippen LogP contribution is -1.96. The van der Waals surface area contributed by atoms with Crippen LogP contribution in [0.25, 0.3) is 10.4 Å². The third-order valence-electron chi connectivity index (χ3n) is 2.65. The second-order valence-electron chi connectivity index (χ2n) is 3.72. The largest absolute Gasteiger partial charge is 0.465 e. The standard InChI is InChI=1S/C13H10O4S/c1-15-13(14)12-5-4-11(18-12)8-2-3-9-10(6-8)17-7-16-9/h2-6H,7H2,1H3. The zero-order valence-electron chi connectivity index (χ0n) is 9.64. The average Bonchev–Trinajstić information content (AvgIpc) is 3.05. The highest BCUT2D eigenvalue weighted by atomic mass is 32.1. The predicted molar refractivity (Wildman–Crippen MR) is 67.2 cm³/mol. The summed E-state index contributed by atoms with van der Waals surface area (Å²) < 4.78 is 15.3. The van der Waals surface area contributed by atoms with E-state index in [1.807, 2.05) is 24.3 Å². The van der Waals surface area contributed by atoms with Gasteiger partial charge in [0.2, 0.25) is 6.79 Å². The Bertz CT molecular complexity index is 603. The highest BCUT2D eigenvalue weighted by Gasteiger charge is 2.15. The van der Waals surface area contributed by atoms with E-state index in [0.717, 1.165) is 21.9 Å². The van der Waals surface area contributed by atoms with E-state index < -0.39 is 0 Å². The van der Waals surface area contributed by atoms with E-state index in [0.29, 0.717) is 4.88 Å². The zero-order valence-corrected chi connectivity index (χ0v) is 10.5. The summed E-state index contributed by atoms with van der Waals surface area (Å²) >= 11 is 1.39. The molecular formula is C13H10O4S. The third kappa shape index (κ3) is 1.82. The second-order valence-corrected chi connectivity index (χ2v) is 4.81. The quantitative estimate of drug-likeness (QED) is 0.781. The van der Waals surface area contributed by atoms with Crippen molar-refractivity contribution in [2.24, 2.45) is 0 Å². The zero-order chi connectivity index (χ0) is 12.5. The van der Waals surface area contributed by atoms with Gasteiger partial charge in [-0.2, -0.15) is 0 Å². The molecule has 4 nitrogen and oxygen atoms in total. The molecule has 0 atom stereocenters. The molecule has 0 bridgehead atoms. The Morgan fingerprint density at radius 2 is 2.06 bits per heavy atom. The van der Waals surface area contributed by atoms with Crippen LogP contribution in [0.1, 0.15) is 9.67 Å². The van der Waals surface area contributed by atoms with Crippen LogP contribution >= 0.6 is 11.3 Å². The molecule has 1 aromatic heterocycles. The lowest BCUT2D eigenvalue weighted by Gasteiger charge is -2.00. The number of thiophene rings is 1. The Morgan fingerprint density at radius 3 is 2.89 bits per heavy atom. The molecule has 1 aliphatic rings. The van der Waals surface area contributed by atoms with Gasteiger partial charge in [0, 0.05) is 4.88 Å². The molecule has 18 heavy (non-hydrogen) atoms. The number of hydrogen-bond acceptors (Lipinski definition) is 5.